The minimum Gasteiger partial charge on any atom is -0.497 e. The zero-order valence-corrected chi connectivity index (χ0v) is 14.8. The summed E-state index contributed by atoms with van der Waals surface area (Å²) in [6.07, 6.45) is 3.83. The molecule has 1 aliphatic heterocycles. The standard InChI is InChI=1S/C21H18N4O2/c1-27-16-8-6-7-15(13-16)17-14-19(18-9-2-4-11-22-18)24-25(21(17)26)20-10-3-5-12-23-20/h2-13,17H,14H2,1H3. The van der Waals surface area contributed by atoms with Gasteiger partial charge < -0.3 is 4.74 Å². The number of carbonyl (C=O) groups is 1. The normalized spacial score (nSPS) is 16.8. The van der Waals surface area contributed by atoms with E-state index in [0.717, 1.165) is 17.0 Å². The van der Waals surface area contributed by atoms with Crippen molar-refractivity contribution in [2.24, 2.45) is 5.10 Å². The summed E-state index contributed by atoms with van der Waals surface area (Å²) < 4.78 is 5.32. The number of methoxy groups -OCH3 is 1. The number of amides is 1. The highest BCUT2D eigenvalue weighted by atomic mass is 16.5. The highest BCUT2D eigenvalue weighted by Gasteiger charge is 2.34. The molecule has 1 aromatic carbocycles. The van der Waals surface area contributed by atoms with Crippen LogP contribution in [0.4, 0.5) is 5.82 Å². The first-order chi connectivity index (χ1) is 13.3. The van der Waals surface area contributed by atoms with Crippen molar-refractivity contribution >= 4 is 17.4 Å². The molecule has 6 heteroatoms. The monoisotopic (exact) mass is 358 g/mol. The second-order valence-electron chi connectivity index (χ2n) is 6.13. The van der Waals surface area contributed by atoms with Crippen molar-refractivity contribution in [3.8, 4) is 5.75 Å². The Morgan fingerprint density at radius 2 is 1.81 bits per heavy atom. The summed E-state index contributed by atoms with van der Waals surface area (Å²) >= 11 is 0. The fourth-order valence-corrected chi connectivity index (χ4v) is 3.09. The Kier molecular flexibility index (Phi) is 4.61. The van der Waals surface area contributed by atoms with E-state index in [1.54, 1.807) is 31.6 Å². The van der Waals surface area contributed by atoms with E-state index in [0.29, 0.717) is 18.0 Å². The Bertz CT molecular complexity index is 974. The second kappa shape index (κ2) is 7.37. The number of nitrogens with zero attached hydrogens (tertiary/aromatic N) is 4. The molecular weight excluding hydrogens is 340 g/mol. The third-order valence-electron chi connectivity index (χ3n) is 4.45. The summed E-state index contributed by atoms with van der Waals surface area (Å²) in [5, 5.41) is 5.94. The van der Waals surface area contributed by atoms with Crippen LogP contribution in [0.15, 0.2) is 78.2 Å². The maximum absolute atomic E-state index is 13.2. The van der Waals surface area contributed by atoms with E-state index in [2.05, 4.69) is 15.1 Å². The molecule has 1 unspecified atom stereocenters. The van der Waals surface area contributed by atoms with Crippen molar-refractivity contribution in [3.05, 3.63) is 84.3 Å². The summed E-state index contributed by atoms with van der Waals surface area (Å²) in [5.74, 6) is 0.688. The Balaban J connectivity index is 1.79. The van der Waals surface area contributed by atoms with Gasteiger partial charge in [-0.3, -0.25) is 9.78 Å². The van der Waals surface area contributed by atoms with Crippen molar-refractivity contribution in [1.29, 1.82) is 0 Å². The van der Waals surface area contributed by atoms with Crippen LogP contribution in [-0.2, 0) is 4.79 Å². The van der Waals surface area contributed by atoms with Crippen LogP contribution in [0.2, 0.25) is 0 Å². The van der Waals surface area contributed by atoms with E-state index in [1.165, 1.54) is 5.01 Å². The quantitative estimate of drug-likeness (QED) is 0.717. The van der Waals surface area contributed by atoms with Crippen LogP contribution in [-0.4, -0.2) is 28.7 Å². The van der Waals surface area contributed by atoms with Gasteiger partial charge in [0.15, 0.2) is 5.82 Å². The number of hydrazone groups is 1. The zero-order chi connectivity index (χ0) is 18.6. The molecule has 3 aromatic rings. The van der Waals surface area contributed by atoms with E-state index in [9.17, 15) is 4.79 Å². The van der Waals surface area contributed by atoms with E-state index in [1.807, 2.05) is 48.5 Å². The van der Waals surface area contributed by atoms with Crippen molar-refractivity contribution in [2.45, 2.75) is 12.3 Å². The third-order valence-corrected chi connectivity index (χ3v) is 4.45. The minimum atomic E-state index is -0.392. The molecule has 1 amide bonds. The number of ether oxygens (including phenoxy) is 1. The van der Waals surface area contributed by atoms with Gasteiger partial charge in [-0.25, -0.2) is 4.98 Å². The lowest BCUT2D eigenvalue weighted by atomic mass is 9.90. The van der Waals surface area contributed by atoms with Gasteiger partial charge in [0, 0.05) is 18.8 Å². The van der Waals surface area contributed by atoms with Gasteiger partial charge in [-0.05, 0) is 42.0 Å². The molecule has 0 aliphatic carbocycles. The largest absolute Gasteiger partial charge is 0.497 e. The maximum atomic E-state index is 13.2. The molecular formula is C21H18N4O2. The second-order valence-corrected chi connectivity index (χ2v) is 6.13. The predicted molar refractivity (Wildman–Crippen MR) is 103 cm³/mol. The Labute approximate surface area is 157 Å². The Morgan fingerprint density at radius 3 is 2.52 bits per heavy atom. The first-order valence-corrected chi connectivity index (χ1v) is 8.64. The number of carbonyl (C=O) groups excluding carboxylic acids is 1. The highest BCUT2D eigenvalue weighted by molar-refractivity contribution is 6.10. The fourth-order valence-electron chi connectivity index (χ4n) is 3.09. The molecule has 0 fully saturated rings. The lowest BCUT2D eigenvalue weighted by Gasteiger charge is -2.29. The van der Waals surface area contributed by atoms with E-state index < -0.39 is 5.92 Å². The zero-order valence-electron chi connectivity index (χ0n) is 14.8. The SMILES string of the molecule is COc1cccc(C2CC(c3ccccn3)=NN(c3ccccn3)C2=O)c1. The van der Waals surface area contributed by atoms with E-state index >= 15 is 0 Å². The summed E-state index contributed by atoms with van der Waals surface area (Å²) in [7, 11) is 1.61. The summed E-state index contributed by atoms with van der Waals surface area (Å²) in [6, 6.07) is 18.6. The Morgan fingerprint density at radius 1 is 1.00 bits per heavy atom. The number of hydrogen-bond donors (Lipinski definition) is 0. The highest BCUT2D eigenvalue weighted by Crippen LogP contribution is 2.32. The van der Waals surface area contributed by atoms with Crippen LogP contribution in [0.1, 0.15) is 23.6 Å². The Hall–Kier alpha value is -3.54. The van der Waals surface area contributed by atoms with Gasteiger partial charge >= 0.3 is 0 Å². The molecule has 0 saturated carbocycles. The average Bonchev–Trinajstić information content (AvgIpc) is 2.75. The average molecular weight is 358 g/mol. The van der Waals surface area contributed by atoms with Crippen molar-refractivity contribution in [2.75, 3.05) is 12.1 Å². The van der Waals surface area contributed by atoms with Crippen LogP contribution >= 0.6 is 0 Å². The van der Waals surface area contributed by atoms with Crippen LogP contribution in [0.3, 0.4) is 0 Å². The lowest BCUT2D eigenvalue weighted by molar-refractivity contribution is -0.120. The molecule has 3 heterocycles. The molecule has 1 atom stereocenters. The molecule has 0 saturated heterocycles. The van der Waals surface area contributed by atoms with Gasteiger partial charge in [0.2, 0.25) is 0 Å². The van der Waals surface area contributed by atoms with Crippen molar-refractivity contribution in [1.82, 2.24) is 9.97 Å². The van der Waals surface area contributed by atoms with Gasteiger partial charge in [0.1, 0.15) is 5.75 Å². The molecule has 4 rings (SSSR count). The van der Waals surface area contributed by atoms with Gasteiger partial charge in [-0.15, -0.1) is 0 Å². The van der Waals surface area contributed by atoms with Gasteiger partial charge in [-0.1, -0.05) is 24.3 Å². The smallest absolute Gasteiger partial charge is 0.256 e. The number of hydrogen-bond acceptors (Lipinski definition) is 5. The van der Waals surface area contributed by atoms with Crippen LogP contribution < -0.4 is 9.75 Å². The molecule has 0 spiro atoms. The molecule has 0 N–H and O–H groups in total. The molecule has 134 valence electrons. The van der Waals surface area contributed by atoms with Crippen LogP contribution in [0, 0.1) is 0 Å². The molecule has 6 nitrogen and oxygen atoms in total. The van der Waals surface area contributed by atoms with Crippen LogP contribution in [0.25, 0.3) is 0 Å². The molecule has 0 radical (unpaired) electrons. The number of benzene rings is 1. The number of aromatic nitrogens is 2. The van der Waals surface area contributed by atoms with Crippen LogP contribution in [0.5, 0.6) is 5.75 Å². The van der Waals surface area contributed by atoms with Gasteiger partial charge in [0.05, 0.1) is 24.4 Å². The van der Waals surface area contributed by atoms with E-state index in [4.69, 9.17) is 4.74 Å². The van der Waals surface area contributed by atoms with Gasteiger partial charge in [-0.2, -0.15) is 10.1 Å². The molecule has 1 aliphatic rings. The molecule has 0 bridgehead atoms. The minimum absolute atomic E-state index is 0.123. The van der Waals surface area contributed by atoms with Crippen molar-refractivity contribution < 1.29 is 9.53 Å². The third kappa shape index (κ3) is 3.42. The number of pyridine rings is 2. The molecule has 27 heavy (non-hydrogen) atoms. The summed E-state index contributed by atoms with van der Waals surface area (Å²) in [6.45, 7) is 0. The lowest BCUT2D eigenvalue weighted by Crippen LogP contribution is -2.38. The fraction of sp³-hybridized carbons (Fsp3) is 0.143. The van der Waals surface area contributed by atoms with Crippen molar-refractivity contribution in [3.63, 3.8) is 0 Å². The maximum Gasteiger partial charge on any atom is 0.256 e. The van der Waals surface area contributed by atoms with Gasteiger partial charge in [0.25, 0.3) is 5.91 Å². The number of rotatable bonds is 4. The summed E-state index contributed by atoms with van der Waals surface area (Å²) in [4.78, 5) is 21.9. The first-order valence-electron chi connectivity index (χ1n) is 8.64. The number of anilines is 1. The topological polar surface area (TPSA) is 67.7 Å². The first kappa shape index (κ1) is 16.9. The van der Waals surface area contributed by atoms with E-state index in [-0.39, 0.29) is 5.91 Å². The molecule has 2 aromatic heterocycles. The summed E-state index contributed by atoms with van der Waals surface area (Å²) in [5.41, 5.74) is 2.37. The predicted octanol–water partition coefficient (Wildman–Crippen LogP) is 3.41.